The van der Waals surface area contributed by atoms with Crippen molar-refractivity contribution in [2.45, 2.75) is 16.3 Å². The summed E-state index contributed by atoms with van der Waals surface area (Å²) < 4.78 is 26.1. The standard InChI is InChI=1S/C14H10O6S.C10H16N/c15-13(16)9-5-1-3-7-11(9)21(19,20)12-8-4-2-6-10(12)14(17)18;1-11(2,3)9-10-7-5-4-6-8-10/h1-8H,(H,15,16)(H,17,18);4-8H,9H2,1-3H3/q;+1. The highest BCUT2D eigenvalue weighted by molar-refractivity contribution is 7.91. The first kappa shape index (κ1) is 24.8. The number of sulfone groups is 1. The summed E-state index contributed by atoms with van der Waals surface area (Å²) in [4.78, 5) is 21.4. The highest BCUT2D eigenvalue weighted by Crippen LogP contribution is 2.26. The second kappa shape index (κ2) is 10.2. The molecule has 0 fully saturated rings. The van der Waals surface area contributed by atoms with Crippen molar-refractivity contribution >= 4 is 21.8 Å². The van der Waals surface area contributed by atoms with Crippen molar-refractivity contribution in [1.82, 2.24) is 0 Å². The lowest BCUT2D eigenvalue weighted by Gasteiger charge is -2.23. The predicted octanol–water partition coefficient (Wildman–Crippen LogP) is 3.81. The van der Waals surface area contributed by atoms with Gasteiger partial charge in [-0.3, -0.25) is 0 Å². The van der Waals surface area contributed by atoms with Crippen molar-refractivity contribution in [3.05, 3.63) is 95.6 Å². The Morgan fingerprint density at radius 3 is 1.44 bits per heavy atom. The largest absolute Gasteiger partial charge is 0.478 e. The van der Waals surface area contributed by atoms with E-state index in [1.807, 2.05) is 0 Å². The molecule has 3 aromatic carbocycles. The van der Waals surface area contributed by atoms with Crippen LogP contribution in [0.15, 0.2) is 88.7 Å². The molecule has 0 atom stereocenters. The summed E-state index contributed by atoms with van der Waals surface area (Å²) in [6.07, 6.45) is 0. The number of quaternary nitrogens is 1. The number of carboxylic acid groups (broad SMARTS) is 2. The molecule has 0 aliphatic heterocycles. The molecule has 0 amide bonds. The monoisotopic (exact) mass is 456 g/mol. The first-order chi connectivity index (χ1) is 14.9. The minimum absolute atomic E-state index is 0.405. The molecule has 0 unspecified atom stereocenters. The highest BCUT2D eigenvalue weighted by Gasteiger charge is 2.27. The van der Waals surface area contributed by atoms with Gasteiger partial charge in [0.15, 0.2) is 0 Å². The van der Waals surface area contributed by atoms with Gasteiger partial charge in [-0.25, -0.2) is 18.0 Å². The minimum Gasteiger partial charge on any atom is -0.478 e. The zero-order valence-electron chi connectivity index (χ0n) is 18.1. The van der Waals surface area contributed by atoms with Crippen LogP contribution in [0.2, 0.25) is 0 Å². The minimum atomic E-state index is -4.25. The van der Waals surface area contributed by atoms with Crippen molar-refractivity contribution in [3.8, 4) is 0 Å². The van der Waals surface area contributed by atoms with E-state index in [1.54, 1.807) is 0 Å². The summed E-state index contributed by atoms with van der Waals surface area (Å²) >= 11 is 0. The molecule has 0 heterocycles. The van der Waals surface area contributed by atoms with Gasteiger partial charge in [0, 0.05) is 5.56 Å². The maximum atomic E-state index is 12.6. The number of hydrogen-bond acceptors (Lipinski definition) is 4. The molecule has 0 radical (unpaired) electrons. The number of carbonyl (C=O) groups is 2. The summed E-state index contributed by atoms with van der Waals surface area (Å²) in [7, 11) is 2.35. The molecule has 8 heteroatoms. The van der Waals surface area contributed by atoms with E-state index in [0.717, 1.165) is 35.3 Å². The molecule has 0 saturated carbocycles. The second-order valence-corrected chi connectivity index (χ2v) is 9.93. The van der Waals surface area contributed by atoms with E-state index in [-0.39, 0.29) is 0 Å². The Bertz CT molecular complexity index is 1130. The molecule has 0 aliphatic carbocycles. The van der Waals surface area contributed by atoms with E-state index in [0.29, 0.717) is 0 Å². The Balaban J connectivity index is 0.000000278. The fraction of sp³-hybridized carbons (Fsp3) is 0.167. The van der Waals surface area contributed by atoms with Crippen LogP contribution in [0.5, 0.6) is 0 Å². The lowest BCUT2D eigenvalue weighted by molar-refractivity contribution is -0.884. The van der Waals surface area contributed by atoms with Crippen molar-refractivity contribution in [3.63, 3.8) is 0 Å². The number of hydrogen-bond donors (Lipinski definition) is 2. The van der Waals surface area contributed by atoms with Crippen LogP contribution >= 0.6 is 0 Å². The number of carboxylic acids is 2. The zero-order valence-corrected chi connectivity index (χ0v) is 18.9. The van der Waals surface area contributed by atoms with Crippen LogP contribution in [0.25, 0.3) is 0 Å². The summed E-state index contributed by atoms with van der Waals surface area (Å²) in [5.74, 6) is -2.80. The maximum Gasteiger partial charge on any atom is 0.337 e. The molecule has 168 valence electrons. The fourth-order valence-electron chi connectivity index (χ4n) is 3.00. The Labute approximate surface area is 187 Å². The van der Waals surface area contributed by atoms with Crippen LogP contribution in [-0.4, -0.2) is 56.2 Å². The van der Waals surface area contributed by atoms with Crippen LogP contribution in [0.3, 0.4) is 0 Å². The van der Waals surface area contributed by atoms with E-state index < -0.39 is 42.7 Å². The highest BCUT2D eigenvalue weighted by atomic mass is 32.2. The molecule has 0 aromatic heterocycles. The van der Waals surface area contributed by atoms with Crippen LogP contribution < -0.4 is 0 Å². The van der Waals surface area contributed by atoms with Crippen molar-refractivity contribution in [2.75, 3.05) is 21.1 Å². The van der Waals surface area contributed by atoms with Gasteiger partial charge in [0.25, 0.3) is 0 Å². The van der Waals surface area contributed by atoms with Crippen LogP contribution in [0, 0.1) is 0 Å². The Morgan fingerprint density at radius 1 is 0.688 bits per heavy atom. The quantitative estimate of drug-likeness (QED) is 0.546. The number of nitrogens with zero attached hydrogens (tertiary/aromatic N) is 1. The van der Waals surface area contributed by atoms with Gasteiger partial charge in [0.05, 0.1) is 42.1 Å². The van der Waals surface area contributed by atoms with Gasteiger partial charge in [-0.15, -0.1) is 0 Å². The van der Waals surface area contributed by atoms with E-state index >= 15 is 0 Å². The van der Waals surface area contributed by atoms with Gasteiger partial charge < -0.3 is 14.7 Å². The Morgan fingerprint density at radius 2 is 1.06 bits per heavy atom. The third-order valence-corrected chi connectivity index (χ3v) is 6.18. The topological polar surface area (TPSA) is 109 Å². The van der Waals surface area contributed by atoms with Gasteiger partial charge in [0.2, 0.25) is 9.84 Å². The van der Waals surface area contributed by atoms with Gasteiger partial charge in [-0.2, -0.15) is 0 Å². The first-order valence-corrected chi connectivity index (χ1v) is 11.2. The van der Waals surface area contributed by atoms with Gasteiger partial charge in [-0.1, -0.05) is 54.6 Å². The van der Waals surface area contributed by atoms with Crippen LogP contribution in [0.4, 0.5) is 0 Å². The van der Waals surface area contributed by atoms with Crippen LogP contribution in [0.1, 0.15) is 26.3 Å². The zero-order chi connectivity index (χ0) is 23.9. The molecule has 2 N–H and O–H groups in total. The van der Waals surface area contributed by atoms with Crippen LogP contribution in [-0.2, 0) is 16.4 Å². The predicted molar refractivity (Wildman–Crippen MR) is 120 cm³/mol. The van der Waals surface area contributed by atoms with E-state index in [4.69, 9.17) is 10.2 Å². The molecule has 0 bridgehead atoms. The first-order valence-electron chi connectivity index (χ1n) is 9.67. The normalized spacial score (nSPS) is 11.2. The summed E-state index contributed by atoms with van der Waals surface area (Å²) in [5, 5.41) is 18.1. The SMILES string of the molecule is C[N+](C)(C)Cc1ccccc1.O=C(O)c1ccccc1S(=O)(=O)c1ccccc1C(=O)O. The van der Waals surface area contributed by atoms with Crippen molar-refractivity contribution in [1.29, 1.82) is 0 Å². The Kier molecular flexibility index (Phi) is 7.91. The lowest BCUT2D eigenvalue weighted by atomic mass is 10.2. The molecule has 32 heavy (non-hydrogen) atoms. The van der Waals surface area contributed by atoms with Gasteiger partial charge in [0.1, 0.15) is 6.54 Å². The summed E-state index contributed by atoms with van der Waals surface area (Å²) in [6.45, 7) is 1.10. The molecular formula is C24H26NO6S+. The second-order valence-electron chi connectivity index (χ2n) is 8.04. The molecule has 0 aliphatic rings. The molecular weight excluding hydrogens is 430 g/mol. The van der Waals surface area contributed by atoms with Crippen molar-refractivity contribution in [2.24, 2.45) is 0 Å². The summed E-state index contributed by atoms with van der Waals surface area (Å²) in [6, 6.07) is 20.7. The third-order valence-electron chi connectivity index (χ3n) is 4.31. The third kappa shape index (κ3) is 6.50. The summed E-state index contributed by atoms with van der Waals surface area (Å²) in [5.41, 5.74) is 0.593. The smallest absolute Gasteiger partial charge is 0.337 e. The fourth-order valence-corrected chi connectivity index (χ4v) is 4.65. The van der Waals surface area contributed by atoms with Crippen molar-refractivity contribution < 1.29 is 32.7 Å². The van der Waals surface area contributed by atoms with Gasteiger partial charge >= 0.3 is 11.9 Å². The number of aromatic carboxylic acids is 2. The molecule has 7 nitrogen and oxygen atoms in total. The van der Waals surface area contributed by atoms with Gasteiger partial charge in [-0.05, 0) is 24.3 Å². The number of benzene rings is 3. The van der Waals surface area contributed by atoms with E-state index in [2.05, 4.69) is 51.5 Å². The molecule has 0 spiro atoms. The lowest BCUT2D eigenvalue weighted by Crippen LogP contribution is -2.33. The van der Waals surface area contributed by atoms with E-state index in [9.17, 15) is 18.0 Å². The molecule has 3 aromatic rings. The average molecular weight is 457 g/mol. The Hall–Kier alpha value is -3.49. The van der Waals surface area contributed by atoms with E-state index in [1.165, 1.54) is 29.8 Å². The average Bonchev–Trinajstić information content (AvgIpc) is 2.73. The maximum absolute atomic E-state index is 12.6. The molecule has 3 rings (SSSR count). The number of rotatable bonds is 6. The molecule has 0 saturated heterocycles.